The first-order chi connectivity index (χ1) is 8.50. The molecule has 0 amide bonds. The van der Waals surface area contributed by atoms with Crippen molar-refractivity contribution in [1.82, 2.24) is 0 Å². The molecule has 1 aromatic carbocycles. The van der Waals surface area contributed by atoms with E-state index in [1.165, 1.54) is 24.3 Å². The number of nitrogens with two attached hydrogens (primary N) is 1. The van der Waals surface area contributed by atoms with E-state index in [-0.39, 0.29) is 5.56 Å². The van der Waals surface area contributed by atoms with Crippen molar-refractivity contribution in [2.24, 2.45) is 0 Å². The number of aromatic nitrogens is 1. The van der Waals surface area contributed by atoms with Crippen LogP contribution in [0.4, 0.5) is 5.82 Å². The Hall–Kier alpha value is -2.08. The third-order valence-electron chi connectivity index (χ3n) is 1.92. The number of aromatic amines is 1. The first kappa shape index (κ1) is 14.0. The predicted molar refractivity (Wildman–Crippen MR) is 68.0 cm³/mol. The van der Waals surface area contributed by atoms with E-state index < -0.39 is 11.7 Å². The van der Waals surface area contributed by atoms with E-state index in [4.69, 9.17) is 10.8 Å². The molecule has 5 nitrogen and oxygen atoms in total. The van der Waals surface area contributed by atoms with Crippen molar-refractivity contribution in [3.05, 3.63) is 52.6 Å². The van der Waals surface area contributed by atoms with Crippen LogP contribution >= 0.6 is 15.9 Å². The number of aromatic carboxylic acids is 1. The van der Waals surface area contributed by atoms with Gasteiger partial charge in [0.05, 0.1) is 10.0 Å². The van der Waals surface area contributed by atoms with E-state index in [0.29, 0.717) is 5.82 Å². The van der Waals surface area contributed by atoms with Crippen molar-refractivity contribution in [2.45, 2.75) is 0 Å². The van der Waals surface area contributed by atoms with Gasteiger partial charge >= 0.3 is 5.97 Å². The number of carboxylic acid groups (broad SMARTS) is 1. The highest BCUT2D eigenvalue weighted by atomic mass is 79.9. The fourth-order valence-corrected chi connectivity index (χ4v) is 1.31. The molecule has 0 unspecified atom stereocenters. The van der Waals surface area contributed by atoms with Crippen molar-refractivity contribution in [1.29, 1.82) is 0 Å². The van der Waals surface area contributed by atoms with Crippen LogP contribution in [0.2, 0.25) is 0 Å². The number of anilines is 1. The second-order valence-electron chi connectivity index (χ2n) is 3.26. The molecular formula is C12H11BrN2O3. The van der Waals surface area contributed by atoms with Crippen LogP contribution in [0.5, 0.6) is 5.75 Å². The average Bonchev–Trinajstić information content (AvgIpc) is 2.34. The van der Waals surface area contributed by atoms with Crippen molar-refractivity contribution in [3.8, 4) is 5.75 Å². The van der Waals surface area contributed by atoms with Crippen LogP contribution < -0.4 is 15.8 Å². The molecule has 0 saturated carbocycles. The van der Waals surface area contributed by atoms with Crippen molar-refractivity contribution >= 4 is 27.7 Å². The fourth-order valence-electron chi connectivity index (χ4n) is 1.06. The molecule has 2 aromatic rings. The summed E-state index contributed by atoms with van der Waals surface area (Å²) >= 11 is 3.26. The molecule has 0 atom stereocenters. The number of nitrogens with one attached hydrogen (secondary N) is 1. The number of rotatable bonds is 1. The summed E-state index contributed by atoms with van der Waals surface area (Å²) in [4.78, 5) is 13.1. The third-order valence-corrected chi connectivity index (χ3v) is 2.41. The Labute approximate surface area is 112 Å². The Morgan fingerprint density at radius 3 is 2.33 bits per heavy atom. The summed E-state index contributed by atoms with van der Waals surface area (Å²) in [7, 11) is 0. The highest BCUT2D eigenvalue weighted by Crippen LogP contribution is 2.10. The lowest BCUT2D eigenvalue weighted by atomic mass is 10.2. The fraction of sp³-hybridized carbons (Fsp3) is 0. The maximum absolute atomic E-state index is 10.7. The zero-order chi connectivity index (χ0) is 13.5. The monoisotopic (exact) mass is 310 g/mol. The van der Waals surface area contributed by atoms with Crippen LogP contribution in [0.15, 0.2) is 47.1 Å². The minimum atomic E-state index is -1.18. The van der Waals surface area contributed by atoms with Gasteiger partial charge in [0.25, 0.3) is 5.82 Å². The first-order valence-corrected chi connectivity index (χ1v) is 5.72. The lowest BCUT2D eigenvalue weighted by Crippen LogP contribution is -2.07. The van der Waals surface area contributed by atoms with Gasteiger partial charge in [-0.05, 0) is 28.1 Å². The summed E-state index contributed by atoms with van der Waals surface area (Å²) in [6.45, 7) is 0. The largest absolute Gasteiger partial charge is 0.872 e. The summed E-state index contributed by atoms with van der Waals surface area (Å²) in [6.07, 6.45) is 1.79. The summed E-state index contributed by atoms with van der Waals surface area (Å²) in [5.41, 5.74) is 5.17. The van der Waals surface area contributed by atoms with E-state index in [9.17, 15) is 9.90 Å². The Bertz CT molecular complexity index is 508. The van der Waals surface area contributed by atoms with Gasteiger partial charge in [0.1, 0.15) is 6.20 Å². The molecule has 0 spiro atoms. The molecule has 1 aromatic heterocycles. The molecule has 0 radical (unpaired) electrons. The first-order valence-electron chi connectivity index (χ1n) is 4.92. The van der Waals surface area contributed by atoms with Crippen LogP contribution in [0, 0.1) is 0 Å². The normalized spacial score (nSPS) is 9.17. The Morgan fingerprint density at radius 1 is 1.28 bits per heavy atom. The Morgan fingerprint density at radius 2 is 1.94 bits per heavy atom. The number of H-pyrrole nitrogens is 1. The topological polar surface area (TPSA) is 101 Å². The van der Waals surface area contributed by atoms with Gasteiger partial charge in [-0.15, -0.1) is 0 Å². The van der Waals surface area contributed by atoms with E-state index in [2.05, 4.69) is 20.9 Å². The number of nitrogen functional groups attached to an aromatic ring is 1. The van der Waals surface area contributed by atoms with Crippen LogP contribution in [0.25, 0.3) is 0 Å². The number of para-hydroxylation sites is 1. The molecule has 1 heterocycles. The summed E-state index contributed by atoms with van der Waals surface area (Å²) in [6, 6.07) is 9.21. The van der Waals surface area contributed by atoms with Gasteiger partial charge in [-0.25, -0.2) is 9.78 Å². The Balaban J connectivity index is 0.000000184. The molecule has 94 valence electrons. The van der Waals surface area contributed by atoms with Gasteiger partial charge in [0, 0.05) is 6.07 Å². The molecule has 0 bridgehead atoms. The van der Waals surface area contributed by atoms with Crippen molar-refractivity contribution in [2.75, 3.05) is 5.73 Å². The van der Waals surface area contributed by atoms with Gasteiger partial charge in [-0.1, -0.05) is 23.9 Å². The summed E-state index contributed by atoms with van der Waals surface area (Å²) in [5.74, 6) is -0.950. The van der Waals surface area contributed by atoms with Crippen LogP contribution in [0.1, 0.15) is 10.4 Å². The lowest BCUT2D eigenvalue weighted by Gasteiger charge is -2.07. The number of carbonyl (C=O) groups is 1. The molecular weight excluding hydrogens is 300 g/mol. The molecule has 0 fully saturated rings. The second kappa shape index (κ2) is 6.61. The third kappa shape index (κ3) is 4.42. The quantitative estimate of drug-likeness (QED) is 0.829. The molecule has 0 aliphatic heterocycles. The number of pyridine rings is 1. The predicted octanol–water partition coefficient (Wildman–Crippen LogP) is 1.30. The van der Waals surface area contributed by atoms with Gasteiger partial charge < -0.3 is 10.2 Å². The smallest absolute Gasteiger partial charge is 0.335 e. The molecule has 6 heteroatoms. The highest BCUT2D eigenvalue weighted by molar-refractivity contribution is 9.10. The van der Waals surface area contributed by atoms with Crippen LogP contribution in [-0.4, -0.2) is 11.1 Å². The van der Waals surface area contributed by atoms with E-state index in [1.54, 1.807) is 12.3 Å². The average molecular weight is 311 g/mol. The molecule has 0 aliphatic carbocycles. The van der Waals surface area contributed by atoms with E-state index in [0.717, 1.165) is 4.47 Å². The van der Waals surface area contributed by atoms with Gasteiger partial charge in [0.2, 0.25) is 0 Å². The zero-order valence-electron chi connectivity index (χ0n) is 9.26. The van der Waals surface area contributed by atoms with E-state index in [1.807, 2.05) is 6.07 Å². The second-order valence-corrected chi connectivity index (χ2v) is 4.18. The lowest BCUT2D eigenvalue weighted by molar-refractivity contribution is -0.361. The maximum atomic E-state index is 10.7. The van der Waals surface area contributed by atoms with Crippen molar-refractivity contribution < 1.29 is 20.0 Å². The summed E-state index contributed by atoms with van der Waals surface area (Å²) in [5, 5.41) is 19.0. The zero-order valence-corrected chi connectivity index (χ0v) is 10.8. The molecule has 4 N–H and O–H groups in total. The number of hydrogen-bond donors (Lipinski definition) is 2. The molecule has 18 heavy (non-hydrogen) atoms. The number of benzene rings is 1. The molecule has 0 saturated heterocycles. The van der Waals surface area contributed by atoms with Gasteiger partial charge in [0.15, 0.2) is 0 Å². The van der Waals surface area contributed by atoms with Gasteiger partial charge in [-0.3, -0.25) is 5.73 Å². The number of halogens is 1. The highest BCUT2D eigenvalue weighted by Gasteiger charge is 1.99. The SMILES string of the molecule is Nc1ccc(Br)c[nH+]1.O=C(O)c1ccccc1[O-]. The molecule has 2 rings (SSSR count). The summed E-state index contributed by atoms with van der Waals surface area (Å²) < 4.78 is 1.01. The van der Waals surface area contributed by atoms with Crippen LogP contribution in [-0.2, 0) is 0 Å². The number of hydrogen-bond acceptors (Lipinski definition) is 3. The Kier molecular flexibility index (Phi) is 5.13. The van der Waals surface area contributed by atoms with Crippen molar-refractivity contribution in [3.63, 3.8) is 0 Å². The van der Waals surface area contributed by atoms with Crippen LogP contribution in [0.3, 0.4) is 0 Å². The van der Waals surface area contributed by atoms with E-state index >= 15 is 0 Å². The molecule has 0 aliphatic rings. The maximum Gasteiger partial charge on any atom is 0.335 e. The number of carboxylic acids is 1. The minimum absolute atomic E-state index is 0.178. The van der Waals surface area contributed by atoms with Gasteiger partial charge in [-0.2, -0.15) is 0 Å². The standard InChI is InChI=1S/C7H6O3.C5H5BrN2/c8-6-4-2-1-3-5(6)7(9)10;6-4-1-2-5(7)8-3-4/h1-4,8H,(H,9,10);1-3H,(H2,7,8). The minimum Gasteiger partial charge on any atom is -0.872 e.